The van der Waals surface area contributed by atoms with Gasteiger partial charge in [0.25, 0.3) is 11.5 Å². The Morgan fingerprint density at radius 1 is 0.941 bits per heavy atom. The molecule has 1 amide bonds. The summed E-state index contributed by atoms with van der Waals surface area (Å²) >= 11 is 0. The first-order valence-corrected chi connectivity index (χ1v) is 11.7. The molecule has 0 N–H and O–H groups in total. The third-order valence-corrected chi connectivity index (χ3v) is 6.26. The first-order chi connectivity index (χ1) is 16.2. The fourth-order valence-corrected chi connectivity index (χ4v) is 4.27. The summed E-state index contributed by atoms with van der Waals surface area (Å²) in [4.78, 5) is 33.8. The van der Waals surface area contributed by atoms with E-state index in [1.807, 2.05) is 86.6 Å². The van der Waals surface area contributed by atoms with Crippen LogP contribution in [0.4, 0.5) is 0 Å². The first-order valence-electron chi connectivity index (χ1n) is 11.7. The van der Waals surface area contributed by atoms with Crippen molar-refractivity contribution in [1.82, 2.24) is 14.5 Å². The standard InChI is InChI=1S/C29H31N3O2/c1-6-31(27(33)21-16-18-22(19-17-21)29(3,4)5)20(2)26-30-25-15-11-10-14-24(25)28(34)32(26)23-12-8-7-9-13-23/h7-20H,6H2,1-5H3. The van der Waals surface area contributed by atoms with Gasteiger partial charge in [0, 0.05) is 12.1 Å². The lowest BCUT2D eigenvalue weighted by Gasteiger charge is -2.30. The van der Waals surface area contributed by atoms with E-state index in [4.69, 9.17) is 4.98 Å². The molecular formula is C29H31N3O2. The number of carbonyl (C=O) groups excluding carboxylic acids is 1. The van der Waals surface area contributed by atoms with Gasteiger partial charge in [0.15, 0.2) is 0 Å². The van der Waals surface area contributed by atoms with Crippen LogP contribution in [0.5, 0.6) is 0 Å². The number of benzene rings is 3. The molecule has 0 saturated carbocycles. The normalized spacial score (nSPS) is 12.5. The molecule has 4 aromatic rings. The van der Waals surface area contributed by atoms with Gasteiger partial charge in [-0.25, -0.2) is 4.98 Å². The van der Waals surface area contributed by atoms with Gasteiger partial charge in [0.1, 0.15) is 5.82 Å². The fraction of sp³-hybridized carbons (Fsp3) is 0.276. The molecule has 34 heavy (non-hydrogen) atoms. The van der Waals surface area contributed by atoms with Crippen LogP contribution in [-0.4, -0.2) is 26.9 Å². The van der Waals surface area contributed by atoms with E-state index in [-0.39, 0.29) is 16.9 Å². The number of fused-ring (bicyclic) bond motifs is 1. The van der Waals surface area contributed by atoms with Gasteiger partial charge in [-0.15, -0.1) is 0 Å². The Hall–Kier alpha value is -3.73. The Morgan fingerprint density at radius 2 is 1.56 bits per heavy atom. The summed E-state index contributed by atoms with van der Waals surface area (Å²) in [5.41, 5.74) is 3.02. The third kappa shape index (κ3) is 4.38. The van der Waals surface area contributed by atoms with E-state index in [1.54, 1.807) is 15.5 Å². The van der Waals surface area contributed by atoms with Crippen molar-refractivity contribution in [3.05, 3.63) is 106 Å². The summed E-state index contributed by atoms with van der Waals surface area (Å²) in [6.07, 6.45) is 0. The van der Waals surface area contributed by atoms with E-state index in [0.29, 0.717) is 28.8 Å². The predicted molar refractivity (Wildman–Crippen MR) is 138 cm³/mol. The molecule has 0 fully saturated rings. The van der Waals surface area contributed by atoms with Crippen LogP contribution in [0.2, 0.25) is 0 Å². The molecule has 1 aromatic heterocycles. The van der Waals surface area contributed by atoms with Gasteiger partial charge in [0.05, 0.1) is 22.6 Å². The van der Waals surface area contributed by atoms with Crippen molar-refractivity contribution in [1.29, 1.82) is 0 Å². The largest absolute Gasteiger partial charge is 0.329 e. The van der Waals surface area contributed by atoms with Crippen molar-refractivity contribution in [2.24, 2.45) is 0 Å². The van der Waals surface area contributed by atoms with Gasteiger partial charge >= 0.3 is 0 Å². The van der Waals surface area contributed by atoms with Crippen molar-refractivity contribution < 1.29 is 4.79 Å². The number of hydrogen-bond donors (Lipinski definition) is 0. The van der Waals surface area contributed by atoms with E-state index in [1.165, 1.54) is 5.56 Å². The zero-order chi connectivity index (χ0) is 24.5. The molecule has 1 unspecified atom stereocenters. The number of aromatic nitrogens is 2. The number of para-hydroxylation sites is 2. The minimum Gasteiger partial charge on any atom is -0.329 e. The second kappa shape index (κ2) is 9.26. The first kappa shape index (κ1) is 23.4. The van der Waals surface area contributed by atoms with Gasteiger partial charge in [-0.2, -0.15) is 0 Å². The van der Waals surface area contributed by atoms with Crippen molar-refractivity contribution in [3.8, 4) is 5.69 Å². The van der Waals surface area contributed by atoms with Gasteiger partial charge in [-0.05, 0) is 61.2 Å². The molecule has 174 valence electrons. The Labute approximate surface area is 200 Å². The van der Waals surface area contributed by atoms with Crippen LogP contribution in [0.3, 0.4) is 0 Å². The summed E-state index contributed by atoms with van der Waals surface area (Å²) in [6, 6.07) is 24.2. The number of nitrogens with zero attached hydrogens (tertiary/aromatic N) is 3. The molecule has 3 aromatic carbocycles. The second-order valence-electron chi connectivity index (χ2n) is 9.56. The summed E-state index contributed by atoms with van der Waals surface area (Å²) in [5.74, 6) is 0.453. The van der Waals surface area contributed by atoms with Crippen LogP contribution >= 0.6 is 0 Å². The second-order valence-corrected chi connectivity index (χ2v) is 9.56. The molecule has 5 heteroatoms. The van der Waals surface area contributed by atoms with Crippen molar-refractivity contribution in [2.75, 3.05) is 6.54 Å². The molecule has 0 saturated heterocycles. The number of carbonyl (C=O) groups is 1. The number of amides is 1. The molecule has 0 spiro atoms. The maximum Gasteiger partial charge on any atom is 0.266 e. The fourth-order valence-electron chi connectivity index (χ4n) is 4.27. The van der Waals surface area contributed by atoms with E-state index >= 15 is 0 Å². The van der Waals surface area contributed by atoms with E-state index < -0.39 is 6.04 Å². The molecule has 0 aliphatic heterocycles. The van der Waals surface area contributed by atoms with Crippen molar-refractivity contribution in [2.45, 2.75) is 46.1 Å². The van der Waals surface area contributed by atoms with E-state index in [2.05, 4.69) is 20.8 Å². The van der Waals surface area contributed by atoms with Crippen LogP contribution in [-0.2, 0) is 5.41 Å². The smallest absolute Gasteiger partial charge is 0.266 e. The average Bonchev–Trinajstić information content (AvgIpc) is 2.84. The van der Waals surface area contributed by atoms with Gasteiger partial charge in [-0.1, -0.05) is 63.2 Å². The van der Waals surface area contributed by atoms with Crippen LogP contribution in [0.15, 0.2) is 83.7 Å². The summed E-state index contributed by atoms with van der Waals surface area (Å²) in [7, 11) is 0. The topological polar surface area (TPSA) is 55.2 Å². The highest BCUT2D eigenvalue weighted by Gasteiger charge is 2.27. The van der Waals surface area contributed by atoms with Crippen LogP contribution in [0.25, 0.3) is 16.6 Å². The van der Waals surface area contributed by atoms with Crippen molar-refractivity contribution >= 4 is 16.8 Å². The molecule has 0 aliphatic carbocycles. The molecule has 4 rings (SSSR count). The summed E-state index contributed by atoms with van der Waals surface area (Å²) in [6.45, 7) is 10.8. The molecule has 0 radical (unpaired) electrons. The van der Waals surface area contributed by atoms with Gasteiger partial charge in [0.2, 0.25) is 0 Å². The Kier molecular flexibility index (Phi) is 6.38. The maximum atomic E-state index is 13.6. The minimum atomic E-state index is -0.419. The molecule has 0 bridgehead atoms. The quantitative estimate of drug-likeness (QED) is 0.378. The van der Waals surface area contributed by atoms with Crippen LogP contribution in [0.1, 0.15) is 62.4 Å². The van der Waals surface area contributed by atoms with Crippen LogP contribution in [0, 0.1) is 0 Å². The number of hydrogen-bond acceptors (Lipinski definition) is 3. The SMILES string of the molecule is CCN(C(=O)c1ccc(C(C)(C)C)cc1)C(C)c1nc2ccccc2c(=O)n1-c1ccccc1. The Morgan fingerprint density at radius 3 is 2.18 bits per heavy atom. The summed E-state index contributed by atoms with van der Waals surface area (Å²) in [5, 5.41) is 0.550. The zero-order valence-electron chi connectivity index (χ0n) is 20.4. The van der Waals surface area contributed by atoms with E-state index in [0.717, 1.165) is 5.69 Å². The molecule has 5 nitrogen and oxygen atoms in total. The lowest BCUT2D eigenvalue weighted by atomic mass is 9.86. The van der Waals surface area contributed by atoms with Gasteiger partial charge < -0.3 is 4.90 Å². The average molecular weight is 454 g/mol. The highest BCUT2D eigenvalue weighted by Crippen LogP contribution is 2.26. The van der Waals surface area contributed by atoms with Crippen molar-refractivity contribution in [3.63, 3.8) is 0 Å². The maximum absolute atomic E-state index is 13.6. The predicted octanol–water partition coefficient (Wildman–Crippen LogP) is 5.91. The van der Waals surface area contributed by atoms with E-state index in [9.17, 15) is 9.59 Å². The summed E-state index contributed by atoms with van der Waals surface area (Å²) < 4.78 is 1.63. The monoisotopic (exact) mass is 453 g/mol. The zero-order valence-corrected chi connectivity index (χ0v) is 20.4. The lowest BCUT2D eigenvalue weighted by Crippen LogP contribution is -2.37. The Bertz CT molecular complexity index is 1370. The molecule has 1 heterocycles. The highest BCUT2D eigenvalue weighted by atomic mass is 16.2. The molecular weight excluding hydrogens is 422 g/mol. The third-order valence-electron chi connectivity index (χ3n) is 6.26. The molecule has 1 atom stereocenters. The minimum absolute atomic E-state index is 0.0140. The number of rotatable bonds is 5. The molecule has 0 aliphatic rings. The Balaban J connectivity index is 1.81. The highest BCUT2D eigenvalue weighted by molar-refractivity contribution is 5.94. The van der Waals surface area contributed by atoms with Gasteiger partial charge in [-0.3, -0.25) is 14.2 Å². The van der Waals surface area contributed by atoms with Crippen LogP contribution < -0.4 is 5.56 Å². The lowest BCUT2D eigenvalue weighted by molar-refractivity contribution is 0.0693.